The Morgan fingerprint density at radius 1 is 0.909 bits per heavy atom. The summed E-state index contributed by atoms with van der Waals surface area (Å²) in [5.74, 6) is 7.64. The van der Waals surface area contributed by atoms with Crippen LogP contribution in [0.25, 0.3) is 0 Å². The first-order valence-electron chi connectivity index (χ1n) is 5.03. The summed E-state index contributed by atoms with van der Waals surface area (Å²) in [4.78, 5) is 0. The molecule has 4 atom stereocenters. The van der Waals surface area contributed by atoms with E-state index in [9.17, 15) is 0 Å². The van der Waals surface area contributed by atoms with Crippen molar-refractivity contribution in [2.75, 3.05) is 11.5 Å². The zero-order chi connectivity index (χ0) is 7.26. The van der Waals surface area contributed by atoms with E-state index in [0.29, 0.717) is 0 Å². The number of thioether (sulfide) groups is 1. The Morgan fingerprint density at radius 3 is 2.55 bits per heavy atom. The molecule has 1 aliphatic heterocycles. The van der Waals surface area contributed by atoms with Crippen molar-refractivity contribution in [2.24, 2.45) is 23.7 Å². The molecule has 11 heavy (non-hydrogen) atoms. The molecule has 2 bridgehead atoms. The van der Waals surface area contributed by atoms with E-state index in [-0.39, 0.29) is 0 Å². The second-order valence-corrected chi connectivity index (χ2v) is 5.67. The predicted molar refractivity (Wildman–Crippen MR) is 49.8 cm³/mol. The molecule has 0 nitrogen and oxygen atoms in total. The maximum Gasteiger partial charge on any atom is -0.00337 e. The fourth-order valence-corrected chi connectivity index (χ4v) is 5.07. The zero-order valence-corrected chi connectivity index (χ0v) is 7.78. The quantitative estimate of drug-likeness (QED) is 0.536. The van der Waals surface area contributed by atoms with Crippen LogP contribution < -0.4 is 0 Å². The van der Waals surface area contributed by atoms with Gasteiger partial charge in [-0.1, -0.05) is 0 Å². The van der Waals surface area contributed by atoms with Gasteiger partial charge in [0.1, 0.15) is 0 Å². The topological polar surface area (TPSA) is 0 Å². The summed E-state index contributed by atoms with van der Waals surface area (Å²) in [6.45, 7) is 0. The predicted octanol–water partition coefficient (Wildman–Crippen LogP) is 2.79. The first-order valence-corrected chi connectivity index (χ1v) is 6.18. The van der Waals surface area contributed by atoms with E-state index in [1.54, 1.807) is 25.7 Å². The van der Waals surface area contributed by atoms with Gasteiger partial charge in [0.05, 0.1) is 0 Å². The van der Waals surface area contributed by atoms with E-state index in [4.69, 9.17) is 0 Å². The summed E-state index contributed by atoms with van der Waals surface area (Å²) < 4.78 is 0. The molecule has 0 radical (unpaired) electrons. The Hall–Kier alpha value is 0.350. The van der Waals surface area contributed by atoms with Gasteiger partial charge >= 0.3 is 0 Å². The summed E-state index contributed by atoms with van der Waals surface area (Å²) in [6.07, 6.45) is 6.31. The highest BCUT2D eigenvalue weighted by molar-refractivity contribution is 7.99. The van der Waals surface area contributed by atoms with Crippen LogP contribution in [0.1, 0.15) is 25.7 Å². The molecule has 0 spiro atoms. The first-order chi connectivity index (χ1) is 5.45. The molecule has 4 unspecified atom stereocenters. The Kier molecular flexibility index (Phi) is 1.50. The van der Waals surface area contributed by atoms with Crippen LogP contribution in [0.2, 0.25) is 0 Å². The van der Waals surface area contributed by atoms with Crippen LogP contribution in [-0.4, -0.2) is 11.5 Å². The van der Waals surface area contributed by atoms with Crippen LogP contribution in [0.3, 0.4) is 0 Å². The molecule has 3 rings (SSSR count). The molecule has 2 aliphatic carbocycles. The lowest BCUT2D eigenvalue weighted by Gasteiger charge is -2.34. The fraction of sp³-hybridized carbons (Fsp3) is 1.00. The normalized spacial score (nSPS) is 54.5. The average molecular weight is 168 g/mol. The van der Waals surface area contributed by atoms with Crippen LogP contribution in [-0.2, 0) is 0 Å². The Balaban J connectivity index is 1.84. The lowest BCUT2D eigenvalue weighted by atomic mass is 9.79. The van der Waals surface area contributed by atoms with E-state index in [1.165, 1.54) is 23.3 Å². The Bertz CT molecular complexity index is 148. The van der Waals surface area contributed by atoms with Gasteiger partial charge in [-0.25, -0.2) is 0 Å². The number of rotatable bonds is 0. The van der Waals surface area contributed by atoms with Gasteiger partial charge < -0.3 is 0 Å². The van der Waals surface area contributed by atoms with Crippen LogP contribution in [0.5, 0.6) is 0 Å². The minimum Gasteiger partial charge on any atom is -0.162 e. The molecule has 1 saturated heterocycles. The van der Waals surface area contributed by atoms with E-state index in [1.807, 2.05) is 0 Å². The van der Waals surface area contributed by atoms with Gasteiger partial charge in [-0.2, -0.15) is 11.8 Å². The van der Waals surface area contributed by atoms with Gasteiger partial charge in [-0.05, 0) is 60.9 Å². The summed E-state index contributed by atoms with van der Waals surface area (Å²) in [5.41, 5.74) is 0. The van der Waals surface area contributed by atoms with Crippen LogP contribution >= 0.6 is 11.8 Å². The van der Waals surface area contributed by atoms with Gasteiger partial charge in [-0.3, -0.25) is 0 Å². The van der Waals surface area contributed by atoms with E-state index < -0.39 is 0 Å². The smallest absolute Gasteiger partial charge is 0.00337 e. The summed E-state index contributed by atoms with van der Waals surface area (Å²) in [7, 11) is 0. The molecule has 0 amide bonds. The van der Waals surface area contributed by atoms with Gasteiger partial charge in [0.25, 0.3) is 0 Å². The first kappa shape index (κ1) is 6.82. The highest BCUT2D eigenvalue weighted by atomic mass is 32.2. The molecule has 62 valence electrons. The Labute approximate surface area is 73.1 Å². The molecule has 0 aromatic rings. The van der Waals surface area contributed by atoms with Crippen LogP contribution in [0.4, 0.5) is 0 Å². The lowest BCUT2D eigenvalue weighted by Crippen LogP contribution is -2.28. The largest absolute Gasteiger partial charge is 0.162 e. The summed E-state index contributed by atoms with van der Waals surface area (Å²) in [6, 6.07) is 0. The van der Waals surface area contributed by atoms with Gasteiger partial charge in [0.15, 0.2) is 0 Å². The third-order valence-corrected chi connectivity index (χ3v) is 5.33. The second kappa shape index (κ2) is 2.42. The monoisotopic (exact) mass is 168 g/mol. The molecule has 1 heteroatoms. The van der Waals surface area contributed by atoms with Crippen LogP contribution in [0, 0.1) is 23.7 Å². The average Bonchev–Trinajstić information content (AvgIpc) is 2.64. The molecule has 0 aromatic carbocycles. The SMILES string of the molecule is C1CC2C3CCC(C3)C2CS1. The second-order valence-electron chi connectivity index (χ2n) is 4.52. The van der Waals surface area contributed by atoms with E-state index in [0.717, 1.165) is 11.8 Å². The third-order valence-electron chi connectivity index (χ3n) is 4.18. The van der Waals surface area contributed by atoms with Gasteiger partial charge in [0.2, 0.25) is 0 Å². The molecule has 1 heterocycles. The molecule has 3 aliphatic rings. The van der Waals surface area contributed by atoms with Crippen molar-refractivity contribution >= 4 is 11.8 Å². The fourth-order valence-electron chi connectivity index (χ4n) is 3.68. The van der Waals surface area contributed by atoms with Crippen molar-refractivity contribution in [3.8, 4) is 0 Å². The number of fused-ring (bicyclic) bond motifs is 5. The van der Waals surface area contributed by atoms with Crippen molar-refractivity contribution in [1.29, 1.82) is 0 Å². The number of hydrogen-bond acceptors (Lipinski definition) is 1. The minimum atomic E-state index is 1.16. The molecule has 2 saturated carbocycles. The van der Waals surface area contributed by atoms with E-state index >= 15 is 0 Å². The molecule has 0 aromatic heterocycles. The highest BCUT2D eigenvalue weighted by Crippen LogP contribution is 2.56. The maximum atomic E-state index is 2.21. The van der Waals surface area contributed by atoms with Gasteiger partial charge in [-0.15, -0.1) is 0 Å². The lowest BCUT2D eigenvalue weighted by molar-refractivity contribution is 0.232. The van der Waals surface area contributed by atoms with Crippen molar-refractivity contribution in [3.05, 3.63) is 0 Å². The van der Waals surface area contributed by atoms with Crippen molar-refractivity contribution in [3.63, 3.8) is 0 Å². The third kappa shape index (κ3) is 0.898. The van der Waals surface area contributed by atoms with E-state index in [2.05, 4.69) is 11.8 Å². The zero-order valence-electron chi connectivity index (χ0n) is 6.96. The summed E-state index contributed by atoms with van der Waals surface area (Å²) in [5, 5.41) is 0. The standard InChI is InChI=1S/C10H16S/c1-2-8-5-7(1)9-3-4-11-6-10(8)9/h7-10H,1-6H2. The maximum absolute atomic E-state index is 2.21. The molecule has 0 N–H and O–H groups in total. The van der Waals surface area contributed by atoms with Gasteiger partial charge in [0, 0.05) is 0 Å². The van der Waals surface area contributed by atoms with Crippen molar-refractivity contribution in [1.82, 2.24) is 0 Å². The molecule has 3 fully saturated rings. The van der Waals surface area contributed by atoms with Crippen LogP contribution in [0.15, 0.2) is 0 Å². The molecular formula is C10H16S. The van der Waals surface area contributed by atoms with Crippen molar-refractivity contribution in [2.45, 2.75) is 25.7 Å². The summed E-state index contributed by atoms with van der Waals surface area (Å²) >= 11 is 2.21. The minimum absolute atomic E-state index is 1.16. The Morgan fingerprint density at radius 2 is 1.73 bits per heavy atom. The molecular weight excluding hydrogens is 152 g/mol. The van der Waals surface area contributed by atoms with Crippen molar-refractivity contribution < 1.29 is 0 Å². The number of hydrogen-bond donors (Lipinski definition) is 0. The highest BCUT2D eigenvalue weighted by Gasteiger charge is 2.47.